The van der Waals surface area contributed by atoms with E-state index in [1.54, 1.807) is 0 Å². The summed E-state index contributed by atoms with van der Waals surface area (Å²) < 4.78 is 5.29. The number of amides is 3. The second kappa shape index (κ2) is 6.73. The SMILES string of the molecule is CC[C@@H](C)NC(=O)NC(=O)COC(=O)C12CC3CC(CC(C3)C1)C2. The van der Waals surface area contributed by atoms with Gasteiger partial charge in [-0.3, -0.25) is 14.9 Å². The number of imide groups is 1. The normalized spacial score (nSPS) is 34.5. The smallest absolute Gasteiger partial charge is 0.321 e. The lowest BCUT2D eigenvalue weighted by Gasteiger charge is -2.55. The van der Waals surface area contributed by atoms with Crippen LogP contribution in [0.1, 0.15) is 58.8 Å². The summed E-state index contributed by atoms with van der Waals surface area (Å²) in [5.41, 5.74) is -0.367. The largest absolute Gasteiger partial charge is 0.455 e. The van der Waals surface area contributed by atoms with Gasteiger partial charge in [-0.2, -0.15) is 0 Å². The van der Waals surface area contributed by atoms with Gasteiger partial charge >= 0.3 is 12.0 Å². The minimum atomic E-state index is -0.575. The van der Waals surface area contributed by atoms with Crippen molar-refractivity contribution in [1.82, 2.24) is 10.6 Å². The number of esters is 1. The molecule has 0 aliphatic heterocycles. The molecule has 4 aliphatic rings. The number of hydrogen-bond donors (Lipinski definition) is 2. The molecule has 4 aliphatic carbocycles. The molecule has 1 atom stereocenters. The summed E-state index contributed by atoms with van der Waals surface area (Å²) in [6.45, 7) is 3.42. The van der Waals surface area contributed by atoms with Crippen molar-refractivity contribution in [2.24, 2.45) is 23.2 Å². The Morgan fingerprint density at radius 3 is 2.12 bits per heavy atom. The van der Waals surface area contributed by atoms with Crippen molar-refractivity contribution in [3.63, 3.8) is 0 Å². The standard InChI is InChI=1S/C18H28N2O4/c1-3-11(2)19-17(23)20-15(21)10-24-16(22)18-7-12-4-13(8-18)6-14(5-12)9-18/h11-14H,3-10H2,1-2H3,(H2,19,20,21,23)/t11-,12?,13?,14?,18?/m1/s1. The lowest BCUT2D eigenvalue weighted by molar-refractivity contribution is -0.173. The molecule has 4 bridgehead atoms. The molecule has 134 valence electrons. The van der Waals surface area contributed by atoms with E-state index in [9.17, 15) is 14.4 Å². The zero-order valence-corrected chi connectivity index (χ0v) is 14.6. The first-order chi connectivity index (χ1) is 11.4. The number of urea groups is 1. The second-order valence-electron chi connectivity index (χ2n) is 8.10. The molecule has 24 heavy (non-hydrogen) atoms. The third kappa shape index (κ3) is 3.57. The lowest BCUT2D eigenvalue weighted by Crippen LogP contribution is -2.51. The second-order valence-corrected chi connectivity index (χ2v) is 8.10. The summed E-state index contributed by atoms with van der Waals surface area (Å²) >= 11 is 0. The van der Waals surface area contributed by atoms with E-state index < -0.39 is 11.9 Å². The molecule has 0 saturated heterocycles. The molecular weight excluding hydrogens is 308 g/mol. The number of carbonyl (C=O) groups is 3. The van der Waals surface area contributed by atoms with Crippen LogP contribution >= 0.6 is 0 Å². The molecule has 0 unspecified atom stereocenters. The van der Waals surface area contributed by atoms with Gasteiger partial charge in [0.25, 0.3) is 5.91 Å². The summed E-state index contributed by atoms with van der Waals surface area (Å²) in [7, 11) is 0. The first-order valence-electron chi connectivity index (χ1n) is 9.18. The highest BCUT2D eigenvalue weighted by atomic mass is 16.5. The van der Waals surface area contributed by atoms with Gasteiger partial charge in [0.1, 0.15) is 0 Å². The Morgan fingerprint density at radius 1 is 1.08 bits per heavy atom. The quantitative estimate of drug-likeness (QED) is 0.755. The summed E-state index contributed by atoms with van der Waals surface area (Å²) in [5, 5.41) is 4.85. The minimum absolute atomic E-state index is 0.00706. The highest BCUT2D eigenvalue weighted by Crippen LogP contribution is 2.60. The van der Waals surface area contributed by atoms with E-state index in [1.807, 2.05) is 13.8 Å². The van der Waals surface area contributed by atoms with E-state index in [4.69, 9.17) is 4.74 Å². The molecule has 0 aromatic heterocycles. The Hall–Kier alpha value is -1.59. The third-order valence-corrected chi connectivity index (χ3v) is 6.05. The number of rotatable bonds is 5. The van der Waals surface area contributed by atoms with Crippen LogP contribution in [0.2, 0.25) is 0 Å². The summed E-state index contributed by atoms with van der Waals surface area (Å²) in [6.07, 6.45) is 7.27. The molecule has 3 amide bonds. The summed E-state index contributed by atoms with van der Waals surface area (Å²) in [6, 6.07) is -0.549. The first-order valence-corrected chi connectivity index (χ1v) is 9.18. The Balaban J connectivity index is 1.47. The Labute approximate surface area is 143 Å². The number of nitrogens with one attached hydrogen (secondary N) is 2. The molecule has 0 aromatic carbocycles. The van der Waals surface area contributed by atoms with Gasteiger partial charge in [-0.25, -0.2) is 4.79 Å². The lowest BCUT2D eigenvalue weighted by atomic mass is 9.49. The molecule has 6 nitrogen and oxygen atoms in total. The van der Waals surface area contributed by atoms with Crippen LogP contribution in [0, 0.1) is 23.2 Å². The van der Waals surface area contributed by atoms with Crippen molar-refractivity contribution in [2.75, 3.05) is 6.61 Å². The molecule has 6 heteroatoms. The third-order valence-electron chi connectivity index (χ3n) is 6.05. The molecule has 0 heterocycles. The fourth-order valence-corrected chi connectivity index (χ4v) is 5.17. The monoisotopic (exact) mass is 336 g/mol. The highest BCUT2D eigenvalue weighted by Gasteiger charge is 2.55. The van der Waals surface area contributed by atoms with Crippen LogP contribution in [-0.4, -0.2) is 30.6 Å². The molecule has 0 aromatic rings. The van der Waals surface area contributed by atoms with Crippen LogP contribution in [0.3, 0.4) is 0 Å². The molecule has 0 radical (unpaired) electrons. The van der Waals surface area contributed by atoms with Crippen molar-refractivity contribution >= 4 is 17.9 Å². The zero-order valence-electron chi connectivity index (χ0n) is 14.6. The maximum atomic E-state index is 12.6. The minimum Gasteiger partial charge on any atom is -0.455 e. The molecule has 4 fully saturated rings. The predicted octanol–water partition coefficient (Wildman–Crippen LogP) is 2.37. The van der Waals surface area contributed by atoms with Crippen LogP contribution in [-0.2, 0) is 14.3 Å². The van der Waals surface area contributed by atoms with Crippen molar-refractivity contribution in [3.8, 4) is 0 Å². The van der Waals surface area contributed by atoms with Gasteiger partial charge < -0.3 is 10.1 Å². The van der Waals surface area contributed by atoms with E-state index in [1.165, 1.54) is 19.3 Å². The van der Waals surface area contributed by atoms with E-state index in [0.29, 0.717) is 17.8 Å². The molecule has 4 rings (SSSR count). The Bertz CT molecular complexity index is 496. The van der Waals surface area contributed by atoms with Crippen LogP contribution < -0.4 is 10.6 Å². The average molecular weight is 336 g/mol. The van der Waals surface area contributed by atoms with Crippen LogP contribution in [0.4, 0.5) is 4.79 Å². The molecule has 2 N–H and O–H groups in total. The fourth-order valence-electron chi connectivity index (χ4n) is 5.17. The summed E-state index contributed by atoms with van der Waals surface area (Å²) in [4.78, 5) is 36.0. The topological polar surface area (TPSA) is 84.5 Å². The van der Waals surface area contributed by atoms with Crippen LogP contribution in [0.25, 0.3) is 0 Å². The van der Waals surface area contributed by atoms with Gasteiger partial charge in [-0.15, -0.1) is 0 Å². The maximum absolute atomic E-state index is 12.6. The molecular formula is C18H28N2O4. The predicted molar refractivity (Wildman–Crippen MR) is 88.0 cm³/mol. The van der Waals surface area contributed by atoms with E-state index in [0.717, 1.165) is 25.7 Å². The number of hydrogen-bond acceptors (Lipinski definition) is 4. The van der Waals surface area contributed by atoms with Gasteiger partial charge in [0.05, 0.1) is 5.41 Å². The van der Waals surface area contributed by atoms with E-state index in [2.05, 4.69) is 10.6 Å². The first kappa shape index (κ1) is 17.2. The van der Waals surface area contributed by atoms with Gasteiger partial charge in [0, 0.05) is 6.04 Å². The van der Waals surface area contributed by atoms with Crippen LogP contribution in [0.15, 0.2) is 0 Å². The van der Waals surface area contributed by atoms with Gasteiger partial charge in [-0.05, 0) is 69.6 Å². The number of carbonyl (C=O) groups excluding carboxylic acids is 3. The van der Waals surface area contributed by atoms with Gasteiger partial charge in [-0.1, -0.05) is 6.92 Å². The van der Waals surface area contributed by atoms with Crippen molar-refractivity contribution in [2.45, 2.75) is 64.8 Å². The molecule has 4 saturated carbocycles. The Kier molecular flexibility index (Phi) is 4.83. The molecule has 0 spiro atoms. The average Bonchev–Trinajstić information content (AvgIpc) is 2.50. The van der Waals surface area contributed by atoms with Gasteiger partial charge in [0.2, 0.25) is 0 Å². The van der Waals surface area contributed by atoms with Gasteiger partial charge in [0.15, 0.2) is 6.61 Å². The highest BCUT2D eigenvalue weighted by molar-refractivity contribution is 5.95. The van der Waals surface area contributed by atoms with Crippen molar-refractivity contribution in [3.05, 3.63) is 0 Å². The van der Waals surface area contributed by atoms with E-state index >= 15 is 0 Å². The zero-order chi connectivity index (χ0) is 17.3. The number of ether oxygens (including phenoxy) is 1. The van der Waals surface area contributed by atoms with Crippen molar-refractivity contribution in [1.29, 1.82) is 0 Å². The fraction of sp³-hybridized carbons (Fsp3) is 0.833. The maximum Gasteiger partial charge on any atom is 0.321 e. The van der Waals surface area contributed by atoms with Crippen LogP contribution in [0.5, 0.6) is 0 Å². The van der Waals surface area contributed by atoms with E-state index in [-0.39, 0.29) is 24.0 Å². The summed E-state index contributed by atoms with van der Waals surface area (Å²) in [5.74, 6) is 1.14. The Morgan fingerprint density at radius 2 is 1.62 bits per heavy atom. The van der Waals surface area contributed by atoms with Crippen molar-refractivity contribution < 1.29 is 19.1 Å².